The summed E-state index contributed by atoms with van der Waals surface area (Å²) in [6.45, 7) is 4.01. The molecule has 0 radical (unpaired) electrons. The number of hydrogen-bond acceptors (Lipinski definition) is 6. The number of hydrogen-bond donors (Lipinski definition) is 1. The Morgan fingerprint density at radius 3 is 2.85 bits per heavy atom. The summed E-state index contributed by atoms with van der Waals surface area (Å²) in [5, 5.41) is 3.43. The Labute approximate surface area is 160 Å². The molecule has 7 heteroatoms. The number of anilines is 1. The van der Waals surface area contributed by atoms with E-state index in [9.17, 15) is 9.59 Å². The number of nitrogens with zero attached hydrogens (tertiary/aromatic N) is 2. The predicted molar refractivity (Wildman–Crippen MR) is 102 cm³/mol. The van der Waals surface area contributed by atoms with Crippen LogP contribution in [0.2, 0.25) is 0 Å². The van der Waals surface area contributed by atoms with Gasteiger partial charge >= 0.3 is 0 Å². The van der Waals surface area contributed by atoms with Crippen molar-refractivity contribution in [2.45, 2.75) is 33.1 Å². The lowest BCUT2D eigenvalue weighted by atomic mass is 9.87. The van der Waals surface area contributed by atoms with Gasteiger partial charge in [0.25, 0.3) is 5.91 Å². The van der Waals surface area contributed by atoms with Crippen LogP contribution >= 0.6 is 11.3 Å². The van der Waals surface area contributed by atoms with Gasteiger partial charge in [-0.3, -0.25) is 14.6 Å². The summed E-state index contributed by atoms with van der Waals surface area (Å²) in [5.41, 5.74) is 2.53. The molecule has 1 amide bonds. The Balaban J connectivity index is 1.72. The van der Waals surface area contributed by atoms with Gasteiger partial charge in [-0.2, -0.15) is 0 Å². The van der Waals surface area contributed by atoms with E-state index < -0.39 is 0 Å². The Kier molecular flexibility index (Phi) is 4.61. The van der Waals surface area contributed by atoms with Crippen molar-refractivity contribution in [1.29, 1.82) is 0 Å². The zero-order valence-electron chi connectivity index (χ0n) is 15.1. The first-order valence-electron chi connectivity index (χ1n) is 8.85. The highest BCUT2D eigenvalue weighted by Crippen LogP contribution is 2.40. The van der Waals surface area contributed by atoms with E-state index in [0.29, 0.717) is 16.5 Å². The Bertz CT molecular complexity index is 990. The highest BCUT2D eigenvalue weighted by Gasteiger charge is 2.30. The summed E-state index contributed by atoms with van der Waals surface area (Å²) in [4.78, 5) is 35.1. The number of carbonyl (C=O) groups excluding carboxylic acids is 2. The maximum atomic E-state index is 13.0. The number of rotatable bonds is 4. The minimum absolute atomic E-state index is 0.197. The second-order valence-corrected chi connectivity index (χ2v) is 7.96. The number of aryl methyl sites for hydroxylation is 1. The summed E-state index contributed by atoms with van der Waals surface area (Å²) in [5.74, 6) is 0.272. The van der Waals surface area contributed by atoms with Gasteiger partial charge in [0.1, 0.15) is 10.7 Å². The first-order chi connectivity index (χ1) is 13.0. The molecule has 3 aromatic rings. The summed E-state index contributed by atoms with van der Waals surface area (Å²) in [6, 6.07) is 3.34. The molecule has 1 aliphatic rings. The molecule has 0 aliphatic heterocycles. The third-order valence-corrected chi connectivity index (χ3v) is 5.89. The lowest BCUT2D eigenvalue weighted by Gasteiger charge is -2.18. The second kappa shape index (κ2) is 7.08. The monoisotopic (exact) mass is 381 g/mol. The minimum Gasteiger partial charge on any atom is -0.461 e. The third kappa shape index (κ3) is 3.42. The number of furan rings is 1. The topological polar surface area (TPSA) is 85.1 Å². The molecule has 4 rings (SSSR count). The summed E-state index contributed by atoms with van der Waals surface area (Å²) in [6.07, 6.45) is 7.24. The van der Waals surface area contributed by atoms with Crippen LogP contribution in [-0.2, 0) is 12.8 Å². The van der Waals surface area contributed by atoms with Crippen LogP contribution in [0.25, 0.3) is 0 Å². The molecule has 27 heavy (non-hydrogen) atoms. The van der Waals surface area contributed by atoms with E-state index in [1.807, 2.05) is 6.92 Å². The van der Waals surface area contributed by atoms with E-state index in [4.69, 9.17) is 4.42 Å². The zero-order chi connectivity index (χ0) is 19.0. The molecular weight excluding hydrogens is 362 g/mol. The summed E-state index contributed by atoms with van der Waals surface area (Å²) >= 11 is 1.47. The lowest BCUT2D eigenvalue weighted by molar-refractivity contribution is 0.101. The Hall–Kier alpha value is -2.80. The predicted octanol–water partition coefficient (Wildman–Crippen LogP) is 4.05. The largest absolute Gasteiger partial charge is 0.461 e. The van der Waals surface area contributed by atoms with E-state index in [1.165, 1.54) is 23.8 Å². The van der Waals surface area contributed by atoms with Crippen LogP contribution in [0.3, 0.4) is 0 Å². The molecule has 0 bridgehead atoms. The van der Waals surface area contributed by atoms with Crippen molar-refractivity contribution in [3.8, 4) is 0 Å². The molecule has 0 spiro atoms. The van der Waals surface area contributed by atoms with Crippen molar-refractivity contribution < 1.29 is 14.0 Å². The fraction of sp³-hybridized carbons (Fsp3) is 0.300. The van der Waals surface area contributed by atoms with Crippen LogP contribution in [0, 0.1) is 12.8 Å². The van der Waals surface area contributed by atoms with Crippen molar-refractivity contribution in [2.75, 3.05) is 5.32 Å². The van der Waals surface area contributed by atoms with Gasteiger partial charge in [0.15, 0.2) is 5.76 Å². The molecule has 3 heterocycles. The first kappa shape index (κ1) is 17.6. The van der Waals surface area contributed by atoms with Crippen molar-refractivity contribution >= 4 is 28.0 Å². The number of fused-ring (bicyclic) bond motifs is 1. The second-order valence-electron chi connectivity index (χ2n) is 6.86. The number of carbonyl (C=O) groups is 2. The maximum absolute atomic E-state index is 13.0. The smallest absolute Gasteiger partial charge is 0.276 e. The molecule has 0 saturated carbocycles. The van der Waals surface area contributed by atoms with Gasteiger partial charge in [-0.25, -0.2) is 4.98 Å². The van der Waals surface area contributed by atoms with E-state index in [0.717, 1.165) is 35.4 Å². The lowest BCUT2D eigenvalue weighted by Crippen LogP contribution is -2.16. The molecule has 0 fully saturated rings. The van der Waals surface area contributed by atoms with Gasteiger partial charge in [0.2, 0.25) is 5.78 Å². The van der Waals surface area contributed by atoms with Gasteiger partial charge in [0.05, 0.1) is 23.7 Å². The molecular formula is C20H19N3O3S. The van der Waals surface area contributed by atoms with Crippen molar-refractivity contribution in [3.05, 3.63) is 63.9 Å². The number of amides is 1. The van der Waals surface area contributed by atoms with Crippen LogP contribution < -0.4 is 5.32 Å². The van der Waals surface area contributed by atoms with Crippen LogP contribution in [0.15, 0.2) is 35.2 Å². The molecule has 0 saturated heterocycles. The van der Waals surface area contributed by atoms with Crippen LogP contribution in [0.5, 0.6) is 0 Å². The third-order valence-electron chi connectivity index (χ3n) is 4.72. The van der Waals surface area contributed by atoms with E-state index in [1.54, 1.807) is 18.3 Å². The van der Waals surface area contributed by atoms with Crippen LogP contribution in [-0.4, -0.2) is 21.7 Å². The number of thiophene rings is 1. The number of aromatic nitrogens is 2. The minimum atomic E-state index is -0.373. The van der Waals surface area contributed by atoms with Gasteiger partial charge in [-0.05, 0) is 49.8 Å². The van der Waals surface area contributed by atoms with Gasteiger partial charge < -0.3 is 9.73 Å². The van der Waals surface area contributed by atoms with Crippen LogP contribution in [0.1, 0.15) is 56.1 Å². The summed E-state index contributed by atoms with van der Waals surface area (Å²) in [7, 11) is 0. The Morgan fingerprint density at radius 1 is 1.30 bits per heavy atom. The molecule has 1 unspecified atom stereocenters. The fourth-order valence-electron chi connectivity index (χ4n) is 3.29. The first-order valence-corrected chi connectivity index (χ1v) is 9.67. The molecule has 1 atom stereocenters. The zero-order valence-corrected chi connectivity index (χ0v) is 15.9. The van der Waals surface area contributed by atoms with E-state index in [2.05, 4.69) is 22.2 Å². The SMILES string of the molecule is Cc1cnc(C(=O)Nc2sc3c(c2C(=O)c2ccco2)CCC(C)C3)cn1. The molecule has 1 aliphatic carbocycles. The van der Waals surface area contributed by atoms with E-state index >= 15 is 0 Å². The molecule has 0 aromatic carbocycles. The normalized spacial score (nSPS) is 16.0. The van der Waals surface area contributed by atoms with E-state index in [-0.39, 0.29) is 23.1 Å². The average Bonchev–Trinajstić information content (AvgIpc) is 3.29. The molecule has 3 aromatic heterocycles. The van der Waals surface area contributed by atoms with Crippen LogP contribution in [0.4, 0.5) is 5.00 Å². The van der Waals surface area contributed by atoms with Crippen molar-refractivity contribution in [2.24, 2.45) is 5.92 Å². The van der Waals surface area contributed by atoms with Gasteiger partial charge in [0, 0.05) is 11.1 Å². The van der Waals surface area contributed by atoms with Crippen molar-refractivity contribution in [3.63, 3.8) is 0 Å². The highest BCUT2D eigenvalue weighted by molar-refractivity contribution is 7.17. The standard InChI is InChI=1S/C20H19N3O3S/c1-11-5-6-13-16(8-11)27-20(17(13)18(24)15-4-3-7-26-15)23-19(25)14-10-21-12(2)9-22-14/h3-4,7,9-11H,5-6,8H2,1-2H3,(H,23,25). The highest BCUT2D eigenvalue weighted by atomic mass is 32.1. The Morgan fingerprint density at radius 2 is 2.15 bits per heavy atom. The number of nitrogens with one attached hydrogen (secondary N) is 1. The maximum Gasteiger partial charge on any atom is 0.276 e. The van der Waals surface area contributed by atoms with Crippen molar-refractivity contribution in [1.82, 2.24) is 9.97 Å². The van der Waals surface area contributed by atoms with Gasteiger partial charge in [-0.15, -0.1) is 11.3 Å². The quantitative estimate of drug-likeness (QED) is 0.689. The molecule has 6 nitrogen and oxygen atoms in total. The number of ketones is 1. The fourth-order valence-corrected chi connectivity index (χ4v) is 4.69. The van der Waals surface area contributed by atoms with Gasteiger partial charge in [-0.1, -0.05) is 6.92 Å². The molecule has 1 N–H and O–H groups in total. The summed E-state index contributed by atoms with van der Waals surface area (Å²) < 4.78 is 5.31. The average molecular weight is 381 g/mol. The molecule has 138 valence electrons.